The lowest BCUT2D eigenvalue weighted by atomic mass is 9.95. The van der Waals surface area contributed by atoms with Crippen LogP contribution >= 0.6 is 0 Å². The highest BCUT2D eigenvalue weighted by Crippen LogP contribution is 2.43. The van der Waals surface area contributed by atoms with Crippen LogP contribution in [0.2, 0.25) is 0 Å². The second kappa shape index (κ2) is 7.40. The number of hydrogen-bond acceptors (Lipinski definition) is 7. The summed E-state index contributed by atoms with van der Waals surface area (Å²) in [6.45, 7) is 1.66. The number of phenolic OH excluding ortho intramolecular Hbond substituents is 1. The number of aromatic nitrogens is 1. The summed E-state index contributed by atoms with van der Waals surface area (Å²) in [5.74, 6) is -1.36. The minimum atomic E-state index is -0.996. The molecule has 2 N–H and O–H groups in total. The number of aromatic hydroxyl groups is 1. The molecule has 1 saturated heterocycles. The molecular formula is C22H18N2O6. The highest BCUT2D eigenvalue weighted by molar-refractivity contribution is 6.51. The lowest BCUT2D eigenvalue weighted by molar-refractivity contribution is -0.132. The Balaban J connectivity index is 1.97. The fourth-order valence-electron chi connectivity index (χ4n) is 3.47. The molecule has 4 rings (SSSR count). The highest BCUT2D eigenvalue weighted by Gasteiger charge is 2.48. The quantitative estimate of drug-likeness (QED) is 0.388. The molecule has 2 heterocycles. The number of aliphatic hydroxyl groups excluding tert-OH is 1. The Labute approximate surface area is 171 Å². The lowest BCUT2D eigenvalue weighted by Gasteiger charge is -2.23. The number of carbonyl (C=O) groups is 2. The molecule has 0 bridgehead atoms. The topological polar surface area (TPSA) is 113 Å². The van der Waals surface area contributed by atoms with Gasteiger partial charge in [0, 0.05) is 11.6 Å². The SMILES string of the molecule is COc1cc(C2/C(=C(\O)c3ccccc3)C(=O)C(=O)N2c2cc(C)on2)ccc1O. The van der Waals surface area contributed by atoms with Crippen molar-refractivity contribution in [3.05, 3.63) is 77.1 Å². The first-order valence-electron chi connectivity index (χ1n) is 9.09. The van der Waals surface area contributed by atoms with Gasteiger partial charge in [-0.3, -0.25) is 14.5 Å². The van der Waals surface area contributed by atoms with E-state index in [1.807, 2.05) is 0 Å². The van der Waals surface area contributed by atoms with E-state index < -0.39 is 17.7 Å². The van der Waals surface area contributed by atoms with Crippen LogP contribution in [0.1, 0.15) is 22.9 Å². The van der Waals surface area contributed by atoms with Gasteiger partial charge in [0.15, 0.2) is 17.3 Å². The zero-order valence-electron chi connectivity index (χ0n) is 16.2. The molecule has 2 aromatic carbocycles. The van der Waals surface area contributed by atoms with E-state index in [-0.39, 0.29) is 28.6 Å². The maximum absolute atomic E-state index is 13.0. The summed E-state index contributed by atoms with van der Waals surface area (Å²) < 4.78 is 10.3. The summed E-state index contributed by atoms with van der Waals surface area (Å²) in [6, 6.07) is 13.4. The van der Waals surface area contributed by atoms with Crippen LogP contribution in [0.25, 0.3) is 5.76 Å². The van der Waals surface area contributed by atoms with Crippen LogP contribution < -0.4 is 9.64 Å². The highest BCUT2D eigenvalue weighted by atomic mass is 16.5. The average Bonchev–Trinajstić information content (AvgIpc) is 3.29. The molecule has 1 aromatic heterocycles. The minimum absolute atomic E-state index is 0.0976. The number of amides is 1. The van der Waals surface area contributed by atoms with Crippen molar-refractivity contribution in [3.63, 3.8) is 0 Å². The second-order valence-electron chi connectivity index (χ2n) is 6.76. The van der Waals surface area contributed by atoms with E-state index in [1.165, 1.54) is 30.2 Å². The Kier molecular flexibility index (Phi) is 4.75. The molecule has 0 aliphatic carbocycles. The Bertz CT molecular complexity index is 1170. The Morgan fingerprint density at radius 3 is 2.50 bits per heavy atom. The van der Waals surface area contributed by atoms with Gasteiger partial charge < -0.3 is 19.5 Å². The van der Waals surface area contributed by atoms with Crippen molar-refractivity contribution in [2.75, 3.05) is 12.0 Å². The number of Topliss-reactive ketones (excluding diaryl/α,β-unsaturated/α-hetero) is 1. The Hall–Kier alpha value is -4.07. The smallest absolute Gasteiger partial charge is 0.301 e. The van der Waals surface area contributed by atoms with Crippen LogP contribution in [0.15, 0.2) is 64.7 Å². The van der Waals surface area contributed by atoms with E-state index in [4.69, 9.17) is 9.26 Å². The van der Waals surface area contributed by atoms with Crippen LogP contribution in [-0.2, 0) is 9.59 Å². The van der Waals surface area contributed by atoms with E-state index in [2.05, 4.69) is 5.16 Å². The minimum Gasteiger partial charge on any atom is -0.507 e. The number of ketones is 1. The number of nitrogens with zero attached hydrogens (tertiary/aromatic N) is 2. The van der Waals surface area contributed by atoms with Crippen LogP contribution in [0, 0.1) is 6.92 Å². The first-order chi connectivity index (χ1) is 14.4. The zero-order chi connectivity index (χ0) is 21.4. The molecule has 8 nitrogen and oxygen atoms in total. The van der Waals surface area contributed by atoms with Crippen molar-refractivity contribution in [1.82, 2.24) is 5.16 Å². The summed E-state index contributed by atoms with van der Waals surface area (Å²) >= 11 is 0. The van der Waals surface area contributed by atoms with E-state index >= 15 is 0 Å². The molecule has 1 fully saturated rings. The number of hydrogen-bond donors (Lipinski definition) is 2. The third-order valence-electron chi connectivity index (χ3n) is 4.87. The molecule has 0 radical (unpaired) electrons. The lowest BCUT2D eigenvalue weighted by Crippen LogP contribution is -2.29. The molecule has 30 heavy (non-hydrogen) atoms. The van der Waals surface area contributed by atoms with Gasteiger partial charge in [-0.1, -0.05) is 41.6 Å². The molecule has 1 aliphatic rings. The summed E-state index contributed by atoms with van der Waals surface area (Å²) in [5, 5.41) is 24.8. The van der Waals surface area contributed by atoms with Crippen molar-refractivity contribution < 1.29 is 29.1 Å². The van der Waals surface area contributed by atoms with E-state index in [9.17, 15) is 19.8 Å². The number of ether oxygens (including phenoxy) is 1. The van der Waals surface area contributed by atoms with Crippen molar-refractivity contribution in [2.45, 2.75) is 13.0 Å². The van der Waals surface area contributed by atoms with Gasteiger partial charge >= 0.3 is 5.91 Å². The van der Waals surface area contributed by atoms with Crippen LogP contribution in [-0.4, -0.2) is 34.2 Å². The normalized spacial score (nSPS) is 18.1. The van der Waals surface area contributed by atoms with Crippen molar-refractivity contribution in [1.29, 1.82) is 0 Å². The second-order valence-corrected chi connectivity index (χ2v) is 6.76. The summed E-state index contributed by atoms with van der Waals surface area (Å²) in [6.07, 6.45) is 0. The number of carbonyl (C=O) groups excluding carboxylic acids is 2. The molecule has 0 spiro atoms. The molecule has 1 unspecified atom stereocenters. The van der Waals surface area contributed by atoms with Gasteiger partial charge in [0.2, 0.25) is 0 Å². The van der Waals surface area contributed by atoms with Crippen LogP contribution in [0.4, 0.5) is 5.82 Å². The van der Waals surface area contributed by atoms with E-state index in [0.29, 0.717) is 16.9 Å². The number of phenols is 1. The fourth-order valence-corrected chi connectivity index (χ4v) is 3.47. The number of aliphatic hydroxyl groups is 1. The summed E-state index contributed by atoms with van der Waals surface area (Å²) in [5.41, 5.74) is 0.740. The third kappa shape index (κ3) is 3.08. The summed E-state index contributed by atoms with van der Waals surface area (Å²) in [7, 11) is 1.39. The predicted octanol–water partition coefficient (Wildman–Crippen LogP) is 3.32. The van der Waals surface area contributed by atoms with Gasteiger partial charge in [0.05, 0.1) is 18.7 Å². The average molecular weight is 406 g/mol. The third-order valence-corrected chi connectivity index (χ3v) is 4.87. The Morgan fingerprint density at radius 2 is 1.87 bits per heavy atom. The van der Waals surface area contributed by atoms with Crippen LogP contribution in [0.3, 0.4) is 0 Å². The first kappa shape index (κ1) is 19.3. The monoisotopic (exact) mass is 406 g/mol. The molecule has 1 atom stereocenters. The van der Waals surface area contributed by atoms with Crippen molar-refractivity contribution in [3.8, 4) is 11.5 Å². The van der Waals surface area contributed by atoms with Gasteiger partial charge in [-0.2, -0.15) is 0 Å². The molecule has 0 saturated carbocycles. The maximum Gasteiger partial charge on any atom is 0.301 e. The van der Waals surface area contributed by atoms with Crippen LogP contribution in [0.5, 0.6) is 11.5 Å². The number of benzene rings is 2. The number of methoxy groups -OCH3 is 1. The Morgan fingerprint density at radius 1 is 1.13 bits per heavy atom. The number of aryl methyl sites for hydroxylation is 1. The molecule has 1 aliphatic heterocycles. The van der Waals surface area contributed by atoms with E-state index in [0.717, 1.165) is 0 Å². The van der Waals surface area contributed by atoms with E-state index in [1.54, 1.807) is 43.3 Å². The first-order valence-corrected chi connectivity index (χ1v) is 9.09. The predicted molar refractivity (Wildman–Crippen MR) is 107 cm³/mol. The van der Waals surface area contributed by atoms with Gasteiger partial charge in [0.1, 0.15) is 11.5 Å². The fraction of sp³-hybridized carbons (Fsp3) is 0.136. The molecule has 152 valence electrons. The zero-order valence-corrected chi connectivity index (χ0v) is 16.2. The molecule has 1 amide bonds. The number of rotatable bonds is 4. The largest absolute Gasteiger partial charge is 0.507 e. The van der Waals surface area contributed by atoms with Crippen molar-refractivity contribution in [2.24, 2.45) is 0 Å². The van der Waals surface area contributed by atoms with Crippen molar-refractivity contribution >= 4 is 23.3 Å². The molecule has 3 aromatic rings. The van der Waals surface area contributed by atoms with Gasteiger partial charge in [-0.05, 0) is 24.6 Å². The summed E-state index contributed by atoms with van der Waals surface area (Å²) in [4.78, 5) is 27.1. The standard InChI is InChI=1S/C22H18N2O6/c1-12-10-17(23-30-12)24-19(14-8-9-15(25)16(11-14)29-2)18(21(27)22(24)28)20(26)13-6-4-3-5-7-13/h3-11,19,25-26H,1-2H3/b20-18+. The van der Waals surface area contributed by atoms with Gasteiger partial charge in [-0.15, -0.1) is 0 Å². The van der Waals surface area contributed by atoms with Gasteiger partial charge in [0.25, 0.3) is 5.78 Å². The maximum atomic E-state index is 13.0. The number of anilines is 1. The molecular weight excluding hydrogens is 388 g/mol. The van der Waals surface area contributed by atoms with Gasteiger partial charge in [-0.25, -0.2) is 0 Å². The molecule has 8 heteroatoms.